The van der Waals surface area contributed by atoms with E-state index in [-0.39, 0.29) is 26.8 Å². The first kappa shape index (κ1) is 20.8. The SMILES string of the molecule is O=C(N=c1c(Cl)cn(O)cc1Cl)C(=O)c1cc(Cc2ccc(F)cc2)n2ncccc12. The molecule has 0 aliphatic heterocycles. The van der Waals surface area contributed by atoms with Crippen molar-refractivity contribution in [3.05, 3.63) is 99.1 Å². The van der Waals surface area contributed by atoms with E-state index in [0.29, 0.717) is 22.4 Å². The van der Waals surface area contributed by atoms with Crippen molar-refractivity contribution < 1.29 is 19.2 Å². The number of pyridine rings is 1. The van der Waals surface area contributed by atoms with Gasteiger partial charge in [0.25, 0.3) is 5.78 Å². The third-order valence-corrected chi connectivity index (χ3v) is 5.06. The number of fused-ring (bicyclic) bond motifs is 1. The molecule has 31 heavy (non-hydrogen) atoms. The van der Waals surface area contributed by atoms with Gasteiger partial charge in [0.2, 0.25) is 0 Å². The maximum atomic E-state index is 13.2. The summed E-state index contributed by atoms with van der Waals surface area (Å²) < 4.78 is 15.3. The molecule has 0 spiro atoms. The Hall–Kier alpha value is -3.49. The van der Waals surface area contributed by atoms with E-state index in [9.17, 15) is 19.2 Å². The first-order chi connectivity index (χ1) is 14.8. The fraction of sp³-hybridized carbons (Fsp3) is 0.0476. The van der Waals surface area contributed by atoms with Gasteiger partial charge in [-0.15, -0.1) is 0 Å². The van der Waals surface area contributed by atoms with Crippen LogP contribution in [0.3, 0.4) is 0 Å². The van der Waals surface area contributed by atoms with Crippen LogP contribution in [0, 0.1) is 5.82 Å². The molecule has 0 radical (unpaired) electrons. The van der Waals surface area contributed by atoms with Crippen LogP contribution in [0.4, 0.5) is 4.39 Å². The highest BCUT2D eigenvalue weighted by Crippen LogP contribution is 2.20. The number of hydrogen-bond acceptors (Lipinski definition) is 4. The molecule has 1 aromatic carbocycles. The van der Waals surface area contributed by atoms with Gasteiger partial charge in [0.05, 0.1) is 33.5 Å². The Morgan fingerprint density at radius 3 is 2.45 bits per heavy atom. The van der Waals surface area contributed by atoms with Gasteiger partial charge in [0.1, 0.15) is 11.2 Å². The molecule has 0 fully saturated rings. The van der Waals surface area contributed by atoms with Crippen molar-refractivity contribution in [3.63, 3.8) is 0 Å². The lowest BCUT2D eigenvalue weighted by Gasteiger charge is -2.02. The van der Waals surface area contributed by atoms with Crippen molar-refractivity contribution in [1.29, 1.82) is 0 Å². The highest BCUT2D eigenvalue weighted by molar-refractivity contribution is 6.45. The lowest BCUT2D eigenvalue weighted by atomic mass is 10.1. The smallest absolute Gasteiger partial charge is 0.318 e. The highest BCUT2D eigenvalue weighted by Gasteiger charge is 2.22. The van der Waals surface area contributed by atoms with Gasteiger partial charge in [0, 0.05) is 18.3 Å². The van der Waals surface area contributed by atoms with E-state index in [1.807, 2.05) is 0 Å². The van der Waals surface area contributed by atoms with E-state index in [2.05, 4.69) is 10.1 Å². The molecule has 156 valence electrons. The number of carbonyl (C=O) groups is 2. The Kier molecular flexibility index (Phi) is 5.58. The van der Waals surface area contributed by atoms with E-state index >= 15 is 0 Å². The van der Waals surface area contributed by atoms with Crippen LogP contribution in [0.1, 0.15) is 21.6 Å². The summed E-state index contributed by atoms with van der Waals surface area (Å²) in [6, 6.07) is 10.8. The normalized spacial score (nSPS) is 10.9. The molecule has 3 aromatic heterocycles. The maximum absolute atomic E-state index is 13.2. The fourth-order valence-electron chi connectivity index (χ4n) is 3.11. The molecule has 4 rings (SSSR count). The minimum absolute atomic E-state index is 0.100. The largest absolute Gasteiger partial charge is 0.429 e. The number of rotatable bonds is 4. The number of halogens is 3. The van der Waals surface area contributed by atoms with Gasteiger partial charge in [-0.3, -0.25) is 9.59 Å². The van der Waals surface area contributed by atoms with Crippen molar-refractivity contribution in [2.45, 2.75) is 6.42 Å². The second-order valence-corrected chi connectivity index (χ2v) is 7.42. The highest BCUT2D eigenvalue weighted by atomic mass is 35.5. The monoisotopic (exact) mass is 458 g/mol. The standard InChI is InChI=1S/C21H13Cl2FN4O3/c22-16-10-27(31)11-17(23)19(16)26-21(30)20(29)15-9-14(28-18(15)2-1-7-25-28)8-12-3-5-13(24)6-4-12/h1-7,9-11,31H,8H2. The van der Waals surface area contributed by atoms with Crippen LogP contribution < -0.4 is 5.36 Å². The van der Waals surface area contributed by atoms with Crippen molar-refractivity contribution in [1.82, 2.24) is 14.3 Å². The number of benzene rings is 1. The molecule has 10 heteroatoms. The summed E-state index contributed by atoms with van der Waals surface area (Å²) in [6.07, 6.45) is 4.09. The fourth-order valence-corrected chi connectivity index (χ4v) is 3.64. The summed E-state index contributed by atoms with van der Waals surface area (Å²) in [5.74, 6) is -2.30. The Morgan fingerprint density at radius 2 is 1.77 bits per heavy atom. The molecule has 1 N–H and O–H groups in total. The summed E-state index contributed by atoms with van der Waals surface area (Å²) in [5.41, 5.74) is 1.98. The Labute approximate surface area is 184 Å². The summed E-state index contributed by atoms with van der Waals surface area (Å²) in [5, 5.41) is 13.4. The van der Waals surface area contributed by atoms with Crippen LogP contribution >= 0.6 is 23.2 Å². The average Bonchev–Trinajstić information content (AvgIpc) is 3.10. The van der Waals surface area contributed by atoms with Gasteiger partial charge in [-0.2, -0.15) is 9.83 Å². The third-order valence-electron chi connectivity index (χ3n) is 4.50. The molecule has 0 unspecified atom stereocenters. The number of aromatic nitrogens is 3. The predicted molar refractivity (Wildman–Crippen MR) is 111 cm³/mol. The number of amides is 1. The number of Topliss-reactive ketones (excluding diaryl/α,β-unsaturated/α-hetero) is 1. The number of hydrogen-bond donors (Lipinski definition) is 1. The second-order valence-electron chi connectivity index (χ2n) is 6.60. The van der Waals surface area contributed by atoms with Crippen molar-refractivity contribution in [3.8, 4) is 0 Å². The van der Waals surface area contributed by atoms with Gasteiger partial charge in [0.15, 0.2) is 0 Å². The molecule has 0 aliphatic carbocycles. The van der Waals surface area contributed by atoms with Crippen LogP contribution in [0.15, 0.2) is 66.0 Å². The van der Waals surface area contributed by atoms with Crippen molar-refractivity contribution in [2.75, 3.05) is 0 Å². The summed E-state index contributed by atoms with van der Waals surface area (Å²) in [4.78, 5) is 29.2. The molecule has 3 heterocycles. The van der Waals surface area contributed by atoms with Gasteiger partial charge < -0.3 is 5.21 Å². The zero-order valence-electron chi connectivity index (χ0n) is 15.7. The Bertz CT molecular complexity index is 1370. The average molecular weight is 459 g/mol. The molecule has 1 amide bonds. The van der Waals surface area contributed by atoms with E-state index in [1.54, 1.807) is 41.0 Å². The molecular formula is C21H13Cl2FN4O3. The van der Waals surface area contributed by atoms with E-state index in [0.717, 1.165) is 18.0 Å². The zero-order valence-corrected chi connectivity index (χ0v) is 17.2. The van der Waals surface area contributed by atoms with Gasteiger partial charge in [-0.25, -0.2) is 13.9 Å². The zero-order chi connectivity index (χ0) is 22.1. The minimum atomic E-state index is -1.08. The van der Waals surface area contributed by atoms with Crippen LogP contribution in [0.5, 0.6) is 0 Å². The van der Waals surface area contributed by atoms with Crippen molar-refractivity contribution in [2.24, 2.45) is 4.99 Å². The third kappa shape index (κ3) is 4.21. The van der Waals surface area contributed by atoms with Gasteiger partial charge in [-0.05, 0) is 35.9 Å². The van der Waals surface area contributed by atoms with E-state index in [1.165, 1.54) is 12.1 Å². The van der Waals surface area contributed by atoms with Crippen LogP contribution in [-0.4, -0.2) is 31.2 Å². The molecule has 0 saturated carbocycles. The van der Waals surface area contributed by atoms with Crippen molar-refractivity contribution >= 4 is 40.4 Å². The van der Waals surface area contributed by atoms with E-state index < -0.39 is 11.7 Å². The molecule has 4 aromatic rings. The van der Waals surface area contributed by atoms with Gasteiger partial charge in [-0.1, -0.05) is 35.3 Å². The number of carbonyl (C=O) groups excluding carboxylic acids is 2. The predicted octanol–water partition coefficient (Wildman–Crippen LogP) is 3.72. The number of nitrogens with zero attached hydrogens (tertiary/aromatic N) is 4. The van der Waals surface area contributed by atoms with Gasteiger partial charge >= 0.3 is 5.91 Å². The molecular weight excluding hydrogens is 446 g/mol. The Morgan fingerprint density at radius 1 is 1.10 bits per heavy atom. The molecule has 0 aliphatic rings. The first-order valence-corrected chi connectivity index (χ1v) is 9.69. The minimum Gasteiger partial charge on any atom is -0.429 e. The summed E-state index contributed by atoms with van der Waals surface area (Å²) >= 11 is 11.9. The summed E-state index contributed by atoms with van der Waals surface area (Å²) in [6.45, 7) is 0. The maximum Gasteiger partial charge on any atom is 0.318 e. The first-order valence-electron chi connectivity index (χ1n) is 8.93. The Balaban J connectivity index is 1.74. The second kappa shape index (κ2) is 8.33. The molecule has 0 saturated heterocycles. The van der Waals surface area contributed by atoms with Crippen LogP contribution in [0.25, 0.3) is 5.52 Å². The van der Waals surface area contributed by atoms with Crippen LogP contribution in [0.2, 0.25) is 10.0 Å². The molecule has 0 atom stereocenters. The topological polar surface area (TPSA) is 89.0 Å². The lowest BCUT2D eigenvalue weighted by molar-refractivity contribution is -0.114. The number of ketones is 1. The lowest BCUT2D eigenvalue weighted by Crippen LogP contribution is -2.18. The summed E-state index contributed by atoms with van der Waals surface area (Å²) in [7, 11) is 0. The van der Waals surface area contributed by atoms with E-state index in [4.69, 9.17) is 23.2 Å². The quantitative estimate of drug-likeness (QED) is 0.286. The molecule has 0 bridgehead atoms. The molecule has 7 nitrogen and oxygen atoms in total. The van der Waals surface area contributed by atoms with Crippen LogP contribution in [-0.2, 0) is 11.2 Å².